The van der Waals surface area contributed by atoms with Crippen LogP contribution >= 0.6 is 11.3 Å². The molecule has 2 aliphatic rings. The number of aromatic nitrogens is 1. The van der Waals surface area contributed by atoms with Crippen LogP contribution in [0.3, 0.4) is 0 Å². The first-order valence-corrected chi connectivity index (χ1v) is 15.4. The fraction of sp³-hybridized carbons (Fsp3) is 0.625. The molecule has 2 N–H and O–H groups in total. The highest BCUT2D eigenvalue weighted by Crippen LogP contribution is 2.46. The molecule has 42 heavy (non-hydrogen) atoms. The van der Waals surface area contributed by atoms with Gasteiger partial charge in [-0.2, -0.15) is 0 Å². The van der Waals surface area contributed by atoms with Crippen molar-refractivity contribution in [1.29, 1.82) is 0 Å². The molecule has 0 aliphatic carbocycles. The normalized spacial score (nSPS) is 35.1. The Morgan fingerprint density at radius 1 is 1.29 bits per heavy atom. The Hall–Kier alpha value is -2.66. The predicted molar refractivity (Wildman–Crippen MR) is 160 cm³/mol. The molecule has 2 aliphatic heterocycles. The molecule has 8 atom stereocenters. The van der Waals surface area contributed by atoms with Gasteiger partial charge >= 0.3 is 11.9 Å². The van der Waals surface area contributed by atoms with Crippen LogP contribution in [0.2, 0.25) is 0 Å². The van der Waals surface area contributed by atoms with E-state index < -0.39 is 53.6 Å². The van der Waals surface area contributed by atoms with Gasteiger partial charge in [-0.15, -0.1) is 17.9 Å². The number of hydrogen-bond acceptors (Lipinski definition) is 10. The molecule has 1 aromatic heterocycles. The molecule has 10 heteroatoms. The van der Waals surface area contributed by atoms with Crippen LogP contribution in [0.5, 0.6) is 0 Å². The van der Waals surface area contributed by atoms with Crippen LogP contribution in [-0.4, -0.2) is 69.5 Å². The molecule has 9 nitrogen and oxygen atoms in total. The SMILES string of the molecule is C=CC[C@@]1(C)C(=O)[C@H](C)[C@@H](O)[C@@H](C)CCC[C@@]2(COC(=O)C=C)O[C@H]2C[C@@H](/C(C)=C/c2csc(C)n2)OC(=O)C[C@@H]1O. The number of ether oxygens (including phenoxy) is 3. The fourth-order valence-electron chi connectivity index (χ4n) is 5.83. The van der Waals surface area contributed by atoms with Gasteiger partial charge in [0.1, 0.15) is 24.1 Å². The summed E-state index contributed by atoms with van der Waals surface area (Å²) in [6.45, 7) is 16.1. The summed E-state index contributed by atoms with van der Waals surface area (Å²) >= 11 is 1.51. The minimum Gasteiger partial charge on any atom is -0.459 e. The van der Waals surface area contributed by atoms with Gasteiger partial charge < -0.3 is 24.4 Å². The van der Waals surface area contributed by atoms with Crippen LogP contribution < -0.4 is 0 Å². The molecule has 0 amide bonds. The molecule has 2 fully saturated rings. The zero-order valence-corrected chi connectivity index (χ0v) is 26.2. The van der Waals surface area contributed by atoms with Gasteiger partial charge in [0, 0.05) is 23.8 Å². The molecule has 1 aromatic rings. The number of aryl methyl sites for hydroxylation is 1. The lowest BCUT2D eigenvalue weighted by Gasteiger charge is -2.36. The molecular weight excluding hydrogens is 558 g/mol. The summed E-state index contributed by atoms with van der Waals surface area (Å²) in [5.74, 6) is -2.57. The lowest BCUT2D eigenvalue weighted by atomic mass is 9.69. The summed E-state index contributed by atoms with van der Waals surface area (Å²) in [7, 11) is 0. The van der Waals surface area contributed by atoms with Crippen molar-refractivity contribution in [3.05, 3.63) is 47.0 Å². The summed E-state index contributed by atoms with van der Waals surface area (Å²) in [6.07, 6.45) is 2.94. The number of fused-ring (bicyclic) bond motifs is 1. The average molecular weight is 604 g/mol. The first-order chi connectivity index (χ1) is 19.8. The van der Waals surface area contributed by atoms with Crippen molar-refractivity contribution in [1.82, 2.24) is 4.98 Å². The van der Waals surface area contributed by atoms with Crippen molar-refractivity contribution in [3.63, 3.8) is 0 Å². The van der Waals surface area contributed by atoms with Gasteiger partial charge in [0.05, 0.1) is 40.8 Å². The number of thiazole rings is 1. The number of allylic oxidation sites excluding steroid dienone is 1. The van der Waals surface area contributed by atoms with E-state index in [0.717, 1.165) is 22.4 Å². The van der Waals surface area contributed by atoms with Crippen molar-refractivity contribution in [3.8, 4) is 0 Å². The fourth-order valence-corrected chi connectivity index (χ4v) is 6.40. The Balaban J connectivity index is 1.96. The lowest BCUT2D eigenvalue weighted by molar-refractivity contribution is -0.155. The highest BCUT2D eigenvalue weighted by atomic mass is 32.1. The molecule has 0 unspecified atom stereocenters. The topological polar surface area (TPSA) is 136 Å². The maximum Gasteiger partial charge on any atom is 0.330 e. The van der Waals surface area contributed by atoms with Crippen molar-refractivity contribution < 1.29 is 38.8 Å². The van der Waals surface area contributed by atoms with E-state index in [1.54, 1.807) is 19.9 Å². The molecule has 0 aromatic carbocycles. The Labute approximate surface area is 252 Å². The zero-order valence-electron chi connectivity index (χ0n) is 25.3. The van der Waals surface area contributed by atoms with E-state index in [9.17, 15) is 24.6 Å². The third-order valence-corrected chi connectivity index (χ3v) is 9.54. The smallest absolute Gasteiger partial charge is 0.330 e. The number of aliphatic hydroxyl groups is 2. The van der Waals surface area contributed by atoms with E-state index in [2.05, 4.69) is 18.1 Å². The van der Waals surface area contributed by atoms with Crippen LogP contribution in [-0.2, 0) is 28.6 Å². The molecule has 0 radical (unpaired) electrons. The molecular formula is C32H45NO8S. The molecule has 3 rings (SSSR count). The Morgan fingerprint density at radius 3 is 2.62 bits per heavy atom. The van der Waals surface area contributed by atoms with Gasteiger partial charge in [0.25, 0.3) is 0 Å². The standard InChI is InChI=1S/C32H45NO8S/c1-8-12-31(7)25(34)16-28(36)40-24(20(4)14-23-17-42-22(6)33-23)15-26-32(41-26,18-39-27(35)9-2)13-10-11-19(3)29(37)21(5)30(31)38/h8-9,14,17,19,21,24-26,29,34,37H,1-2,10-13,15-16,18H2,3-7H3/b20-14+/t19-,21+,24-,25-,26-,29-,31+,32-/m0/s1. The molecule has 2 saturated heterocycles. The lowest BCUT2D eigenvalue weighted by Crippen LogP contribution is -2.47. The highest BCUT2D eigenvalue weighted by molar-refractivity contribution is 7.09. The maximum absolute atomic E-state index is 13.7. The summed E-state index contributed by atoms with van der Waals surface area (Å²) in [5, 5.41) is 25.1. The van der Waals surface area contributed by atoms with E-state index >= 15 is 0 Å². The number of carbonyl (C=O) groups excluding carboxylic acids is 3. The first-order valence-electron chi connectivity index (χ1n) is 14.5. The van der Waals surface area contributed by atoms with Crippen molar-refractivity contribution in [2.75, 3.05) is 6.61 Å². The second-order valence-electron chi connectivity index (χ2n) is 12.0. The van der Waals surface area contributed by atoms with Crippen molar-refractivity contribution in [2.45, 2.75) is 103 Å². The van der Waals surface area contributed by atoms with Crippen LogP contribution in [0, 0.1) is 24.2 Å². The number of ketones is 1. The maximum atomic E-state index is 13.7. The summed E-state index contributed by atoms with van der Waals surface area (Å²) in [6, 6.07) is 0. The van der Waals surface area contributed by atoms with Gasteiger partial charge in [-0.05, 0) is 64.0 Å². The number of Topliss-reactive ketones (excluding diaryl/α,β-unsaturated/α-hetero) is 1. The number of esters is 2. The van der Waals surface area contributed by atoms with Crippen LogP contribution in [0.15, 0.2) is 36.3 Å². The van der Waals surface area contributed by atoms with Gasteiger partial charge in [-0.25, -0.2) is 9.78 Å². The molecule has 0 bridgehead atoms. The number of cyclic esters (lactones) is 1. The van der Waals surface area contributed by atoms with Crippen LogP contribution in [0.4, 0.5) is 0 Å². The van der Waals surface area contributed by atoms with Gasteiger partial charge in [-0.1, -0.05) is 26.5 Å². The quantitative estimate of drug-likeness (QED) is 0.196. The Morgan fingerprint density at radius 2 is 2.00 bits per heavy atom. The third kappa shape index (κ3) is 8.03. The molecule has 232 valence electrons. The van der Waals surface area contributed by atoms with Crippen molar-refractivity contribution >= 4 is 35.1 Å². The van der Waals surface area contributed by atoms with Crippen LogP contribution in [0.25, 0.3) is 6.08 Å². The van der Waals surface area contributed by atoms with Crippen LogP contribution in [0.1, 0.15) is 76.9 Å². The second kappa shape index (κ2) is 14.2. The minimum absolute atomic E-state index is 0.0156. The number of hydrogen-bond donors (Lipinski definition) is 2. The van der Waals surface area contributed by atoms with E-state index in [4.69, 9.17) is 14.2 Å². The van der Waals surface area contributed by atoms with E-state index in [-0.39, 0.29) is 30.8 Å². The number of aliphatic hydroxyl groups excluding tert-OH is 2. The highest BCUT2D eigenvalue weighted by Gasteiger charge is 2.58. The third-order valence-electron chi connectivity index (χ3n) is 8.75. The first kappa shape index (κ1) is 33.8. The number of epoxide rings is 1. The molecule has 0 saturated carbocycles. The summed E-state index contributed by atoms with van der Waals surface area (Å²) in [5.41, 5.74) is -0.620. The van der Waals surface area contributed by atoms with Gasteiger partial charge in [0.2, 0.25) is 0 Å². The number of carbonyl (C=O) groups is 3. The summed E-state index contributed by atoms with van der Waals surface area (Å²) in [4.78, 5) is 43.3. The Kier molecular flexibility index (Phi) is 11.4. The minimum atomic E-state index is -1.35. The predicted octanol–water partition coefficient (Wildman–Crippen LogP) is 4.74. The van der Waals surface area contributed by atoms with Crippen molar-refractivity contribution in [2.24, 2.45) is 17.3 Å². The second-order valence-corrected chi connectivity index (χ2v) is 13.1. The largest absolute Gasteiger partial charge is 0.459 e. The van der Waals surface area contributed by atoms with Gasteiger partial charge in [-0.3, -0.25) is 9.59 Å². The molecule has 3 heterocycles. The Bertz CT molecular complexity index is 1190. The van der Waals surface area contributed by atoms with E-state index in [1.165, 1.54) is 11.3 Å². The van der Waals surface area contributed by atoms with Gasteiger partial charge in [0.15, 0.2) is 0 Å². The average Bonchev–Trinajstić information content (AvgIpc) is 3.46. The number of nitrogens with zero attached hydrogens (tertiary/aromatic N) is 1. The monoisotopic (exact) mass is 603 g/mol. The molecule has 0 spiro atoms. The zero-order chi connectivity index (χ0) is 31.2. The number of rotatable bonds is 7. The van der Waals surface area contributed by atoms with E-state index in [1.807, 2.05) is 32.2 Å². The van der Waals surface area contributed by atoms with E-state index in [0.29, 0.717) is 25.7 Å². The summed E-state index contributed by atoms with van der Waals surface area (Å²) < 4.78 is 17.5.